The van der Waals surface area contributed by atoms with Gasteiger partial charge in [0.1, 0.15) is 0 Å². The van der Waals surface area contributed by atoms with Gasteiger partial charge in [0.15, 0.2) is 0 Å². The lowest BCUT2D eigenvalue weighted by molar-refractivity contribution is -0.384. The first-order valence-corrected chi connectivity index (χ1v) is 8.64. The van der Waals surface area contributed by atoms with Crippen LogP contribution in [0.2, 0.25) is 0 Å². The molecule has 1 saturated heterocycles. The Bertz CT molecular complexity index is 534. The summed E-state index contributed by atoms with van der Waals surface area (Å²) in [6, 6.07) is 8.05. The van der Waals surface area contributed by atoms with Crippen molar-refractivity contribution in [3.05, 3.63) is 34.4 Å². The second-order valence-corrected chi connectivity index (χ2v) is 6.78. The minimum Gasteiger partial charge on any atom is -0.370 e. The Morgan fingerprint density at radius 3 is 2.57 bits per heavy atom. The molecule has 0 amide bonds. The van der Waals surface area contributed by atoms with E-state index in [1.807, 2.05) is 12.1 Å². The molecule has 0 radical (unpaired) electrons. The Morgan fingerprint density at radius 2 is 1.87 bits per heavy atom. The lowest BCUT2D eigenvalue weighted by atomic mass is 9.89. The summed E-state index contributed by atoms with van der Waals surface area (Å²) in [7, 11) is 0. The summed E-state index contributed by atoms with van der Waals surface area (Å²) in [5, 5.41) is 14.5. The summed E-state index contributed by atoms with van der Waals surface area (Å²) < 4.78 is 0. The third-order valence-corrected chi connectivity index (χ3v) is 5.12. The quantitative estimate of drug-likeness (QED) is 0.658. The molecule has 126 valence electrons. The zero-order chi connectivity index (χ0) is 16.2. The van der Waals surface area contributed by atoms with Gasteiger partial charge < -0.3 is 16.0 Å². The molecule has 0 bridgehead atoms. The van der Waals surface area contributed by atoms with Crippen molar-refractivity contribution in [3.8, 4) is 0 Å². The van der Waals surface area contributed by atoms with Gasteiger partial charge in [-0.25, -0.2) is 0 Å². The van der Waals surface area contributed by atoms with Crippen molar-refractivity contribution in [1.29, 1.82) is 0 Å². The third kappa shape index (κ3) is 4.00. The van der Waals surface area contributed by atoms with Gasteiger partial charge in [-0.3, -0.25) is 10.1 Å². The van der Waals surface area contributed by atoms with E-state index >= 15 is 0 Å². The number of nitro benzene ring substituents is 1. The van der Waals surface area contributed by atoms with Gasteiger partial charge in [-0.1, -0.05) is 12.8 Å². The molecule has 3 rings (SSSR count). The highest BCUT2D eigenvalue weighted by atomic mass is 16.6. The average molecular weight is 318 g/mol. The standard InChI is InChI=1S/C17H26N4O2/c18-16-5-1-2-6-17(16)19-13-4-3-11-20(12-13)14-7-9-15(10-8-14)21(22)23/h7-10,13,16-17,19H,1-6,11-12,18H2. The minimum atomic E-state index is -0.352. The van der Waals surface area contributed by atoms with Gasteiger partial charge in [0.05, 0.1) is 4.92 Å². The molecule has 1 aliphatic carbocycles. The molecule has 1 heterocycles. The predicted molar refractivity (Wildman–Crippen MR) is 91.7 cm³/mol. The predicted octanol–water partition coefficient (Wildman–Crippen LogP) is 2.42. The summed E-state index contributed by atoms with van der Waals surface area (Å²) in [6.07, 6.45) is 7.12. The topological polar surface area (TPSA) is 84.4 Å². The molecule has 2 fully saturated rings. The first kappa shape index (κ1) is 16.2. The second-order valence-electron chi connectivity index (χ2n) is 6.78. The molecule has 0 aromatic heterocycles. The van der Waals surface area contributed by atoms with Crippen LogP contribution in [0, 0.1) is 10.1 Å². The van der Waals surface area contributed by atoms with Crippen LogP contribution in [-0.4, -0.2) is 36.1 Å². The fraction of sp³-hybridized carbons (Fsp3) is 0.647. The van der Waals surface area contributed by atoms with Gasteiger partial charge in [-0.2, -0.15) is 0 Å². The molecular formula is C17H26N4O2. The van der Waals surface area contributed by atoms with E-state index in [1.165, 1.54) is 25.7 Å². The average Bonchev–Trinajstić information content (AvgIpc) is 2.57. The summed E-state index contributed by atoms with van der Waals surface area (Å²) >= 11 is 0. The first-order valence-electron chi connectivity index (χ1n) is 8.64. The van der Waals surface area contributed by atoms with Gasteiger partial charge >= 0.3 is 0 Å². The summed E-state index contributed by atoms with van der Waals surface area (Å²) in [5.41, 5.74) is 7.46. The van der Waals surface area contributed by atoms with Crippen LogP contribution in [0.3, 0.4) is 0 Å². The van der Waals surface area contributed by atoms with E-state index in [1.54, 1.807) is 12.1 Å². The number of nitro groups is 1. The number of rotatable bonds is 4. The number of hydrogen-bond donors (Lipinski definition) is 2. The Kier molecular flexibility index (Phi) is 5.13. The first-order chi connectivity index (χ1) is 11.1. The number of nitrogens with one attached hydrogen (secondary N) is 1. The molecular weight excluding hydrogens is 292 g/mol. The van der Waals surface area contributed by atoms with E-state index in [0.717, 1.165) is 31.6 Å². The summed E-state index contributed by atoms with van der Waals surface area (Å²) in [5.74, 6) is 0. The third-order valence-electron chi connectivity index (χ3n) is 5.12. The number of piperidine rings is 1. The van der Waals surface area contributed by atoms with Crippen LogP contribution in [0.25, 0.3) is 0 Å². The molecule has 6 heteroatoms. The van der Waals surface area contributed by atoms with Crippen molar-refractivity contribution < 1.29 is 4.92 Å². The van der Waals surface area contributed by atoms with E-state index in [2.05, 4.69) is 10.2 Å². The number of nitrogens with two attached hydrogens (primary N) is 1. The van der Waals surface area contributed by atoms with Crippen LogP contribution in [-0.2, 0) is 0 Å². The van der Waals surface area contributed by atoms with Crippen LogP contribution in [0.1, 0.15) is 38.5 Å². The van der Waals surface area contributed by atoms with E-state index < -0.39 is 0 Å². The van der Waals surface area contributed by atoms with Crippen molar-refractivity contribution in [2.45, 2.75) is 56.7 Å². The largest absolute Gasteiger partial charge is 0.370 e. The summed E-state index contributed by atoms with van der Waals surface area (Å²) in [4.78, 5) is 12.7. The molecule has 3 N–H and O–H groups in total. The number of nitrogens with zero attached hydrogens (tertiary/aromatic N) is 2. The molecule has 1 aromatic carbocycles. The van der Waals surface area contributed by atoms with Crippen molar-refractivity contribution in [3.63, 3.8) is 0 Å². The lowest BCUT2D eigenvalue weighted by Gasteiger charge is -2.39. The molecule has 3 atom stereocenters. The van der Waals surface area contributed by atoms with E-state index in [-0.39, 0.29) is 16.7 Å². The normalized spacial score (nSPS) is 28.6. The number of anilines is 1. The van der Waals surface area contributed by atoms with Crippen molar-refractivity contribution in [1.82, 2.24) is 5.32 Å². The number of hydrogen-bond acceptors (Lipinski definition) is 5. The SMILES string of the molecule is NC1CCCCC1NC1CCCN(c2ccc([N+](=O)[O-])cc2)C1. The van der Waals surface area contributed by atoms with Crippen LogP contribution >= 0.6 is 0 Å². The number of non-ortho nitro benzene ring substituents is 1. The highest BCUT2D eigenvalue weighted by Gasteiger charge is 2.27. The maximum atomic E-state index is 10.8. The van der Waals surface area contributed by atoms with E-state index in [4.69, 9.17) is 5.73 Å². The van der Waals surface area contributed by atoms with Crippen LogP contribution in [0.5, 0.6) is 0 Å². The van der Waals surface area contributed by atoms with Gasteiger partial charge in [0, 0.05) is 49.0 Å². The van der Waals surface area contributed by atoms with Gasteiger partial charge in [0.2, 0.25) is 0 Å². The smallest absolute Gasteiger partial charge is 0.269 e. The second kappa shape index (κ2) is 7.27. The molecule has 23 heavy (non-hydrogen) atoms. The molecule has 2 aliphatic rings. The zero-order valence-electron chi connectivity index (χ0n) is 13.5. The van der Waals surface area contributed by atoms with Gasteiger partial charge in [-0.15, -0.1) is 0 Å². The van der Waals surface area contributed by atoms with Crippen LogP contribution < -0.4 is 16.0 Å². The van der Waals surface area contributed by atoms with Gasteiger partial charge in [-0.05, 0) is 37.8 Å². The molecule has 6 nitrogen and oxygen atoms in total. The van der Waals surface area contributed by atoms with Crippen molar-refractivity contribution in [2.24, 2.45) is 5.73 Å². The van der Waals surface area contributed by atoms with Crippen molar-refractivity contribution in [2.75, 3.05) is 18.0 Å². The zero-order valence-corrected chi connectivity index (χ0v) is 13.5. The van der Waals surface area contributed by atoms with E-state index in [0.29, 0.717) is 12.1 Å². The molecule has 3 unspecified atom stereocenters. The maximum absolute atomic E-state index is 10.8. The van der Waals surface area contributed by atoms with Crippen molar-refractivity contribution >= 4 is 11.4 Å². The fourth-order valence-electron chi connectivity index (χ4n) is 3.80. The van der Waals surface area contributed by atoms with Crippen LogP contribution in [0.15, 0.2) is 24.3 Å². The molecule has 1 saturated carbocycles. The Balaban J connectivity index is 1.60. The monoisotopic (exact) mass is 318 g/mol. The molecule has 1 aromatic rings. The highest BCUT2D eigenvalue weighted by Crippen LogP contribution is 2.24. The Labute approximate surface area is 137 Å². The lowest BCUT2D eigenvalue weighted by Crippen LogP contribution is -2.55. The highest BCUT2D eigenvalue weighted by molar-refractivity contribution is 5.51. The fourth-order valence-corrected chi connectivity index (χ4v) is 3.80. The van der Waals surface area contributed by atoms with E-state index in [9.17, 15) is 10.1 Å². The van der Waals surface area contributed by atoms with Crippen LogP contribution in [0.4, 0.5) is 11.4 Å². The van der Waals surface area contributed by atoms with Gasteiger partial charge in [0.25, 0.3) is 5.69 Å². The molecule has 1 aliphatic heterocycles. The Hall–Kier alpha value is -1.66. The molecule has 0 spiro atoms. The number of benzene rings is 1. The maximum Gasteiger partial charge on any atom is 0.269 e. The Morgan fingerprint density at radius 1 is 1.13 bits per heavy atom. The summed E-state index contributed by atoms with van der Waals surface area (Å²) in [6.45, 7) is 1.95. The minimum absolute atomic E-state index is 0.147.